The van der Waals surface area contributed by atoms with Gasteiger partial charge in [-0.25, -0.2) is 0 Å². The molecule has 1 aromatic carbocycles. The maximum Gasteiger partial charge on any atom is 0.0875 e. The van der Waals surface area contributed by atoms with Crippen molar-refractivity contribution in [1.82, 2.24) is 24.9 Å². The van der Waals surface area contributed by atoms with Crippen molar-refractivity contribution in [1.29, 1.82) is 0 Å². The molecule has 5 nitrogen and oxygen atoms in total. The van der Waals surface area contributed by atoms with Crippen LogP contribution in [0.1, 0.15) is 24.2 Å². The topological polar surface area (TPSA) is 47.7 Å². The lowest BCUT2D eigenvalue weighted by Gasteiger charge is -2.13. The number of hydrogen-bond donors (Lipinski definition) is 1. The van der Waals surface area contributed by atoms with E-state index in [1.165, 1.54) is 10.9 Å². The van der Waals surface area contributed by atoms with Crippen molar-refractivity contribution in [3.05, 3.63) is 47.9 Å². The number of likely N-dealkylation sites (N-methyl/N-ethyl adjacent to an activating group) is 1. The number of nitrogens with one attached hydrogen (secondary N) is 1. The summed E-state index contributed by atoms with van der Waals surface area (Å²) in [6.45, 7) is 3.00. The molecule has 0 aliphatic carbocycles. The maximum absolute atomic E-state index is 4.71. The van der Waals surface area contributed by atoms with Gasteiger partial charge in [-0.3, -0.25) is 9.36 Å². The molecule has 1 atom stereocenters. The molecule has 5 heteroatoms. The van der Waals surface area contributed by atoms with Gasteiger partial charge in [0, 0.05) is 25.2 Å². The van der Waals surface area contributed by atoms with Crippen LogP contribution in [0, 0.1) is 0 Å². The second-order valence-corrected chi connectivity index (χ2v) is 5.28. The van der Waals surface area contributed by atoms with Crippen LogP contribution in [-0.4, -0.2) is 26.6 Å². The average molecular weight is 283 g/mol. The lowest BCUT2D eigenvalue weighted by Crippen LogP contribution is -2.19. The van der Waals surface area contributed by atoms with Crippen LogP contribution in [0.5, 0.6) is 0 Å². The Bertz CT molecular complexity index is 740. The summed E-state index contributed by atoms with van der Waals surface area (Å²) < 4.78 is 3.91. The Balaban J connectivity index is 1.94. The summed E-state index contributed by atoms with van der Waals surface area (Å²) >= 11 is 0. The third-order valence-electron chi connectivity index (χ3n) is 3.92. The van der Waals surface area contributed by atoms with Gasteiger partial charge in [0.15, 0.2) is 0 Å². The Kier molecular flexibility index (Phi) is 3.75. The number of fused-ring (bicyclic) bond motifs is 1. The molecular formula is C16H21N5. The SMILES string of the molecule is CCn1cc(CC(NC)c2nn(C)c3ccccc23)cn1. The Morgan fingerprint density at radius 1 is 1.29 bits per heavy atom. The Morgan fingerprint density at radius 3 is 2.81 bits per heavy atom. The van der Waals surface area contributed by atoms with Crippen LogP contribution in [0.25, 0.3) is 10.9 Å². The number of benzene rings is 1. The summed E-state index contributed by atoms with van der Waals surface area (Å²) in [5.74, 6) is 0. The van der Waals surface area contributed by atoms with E-state index in [0.29, 0.717) is 0 Å². The smallest absolute Gasteiger partial charge is 0.0875 e. The standard InChI is InChI=1S/C16H21N5/c1-4-21-11-12(10-18-21)9-14(17-2)16-13-7-5-6-8-15(13)20(3)19-16/h5-8,10-11,14,17H,4,9H2,1-3H3. The van der Waals surface area contributed by atoms with E-state index in [1.807, 2.05) is 35.7 Å². The number of rotatable bonds is 5. The van der Waals surface area contributed by atoms with Gasteiger partial charge in [0.2, 0.25) is 0 Å². The van der Waals surface area contributed by atoms with Gasteiger partial charge in [0.1, 0.15) is 0 Å². The summed E-state index contributed by atoms with van der Waals surface area (Å²) in [5, 5.41) is 13.7. The molecule has 0 radical (unpaired) electrons. The second kappa shape index (κ2) is 5.69. The lowest BCUT2D eigenvalue weighted by molar-refractivity contribution is 0.566. The second-order valence-electron chi connectivity index (χ2n) is 5.28. The fourth-order valence-corrected chi connectivity index (χ4v) is 2.76. The number of hydrogen-bond acceptors (Lipinski definition) is 3. The molecule has 2 heterocycles. The zero-order valence-corrected chi connectivity index (χ0v) is 12.7. The first kappa shape index (κ1) is 13.8. The Morgan fingerprint density at radius 2 is 2.10 bits per heavy atom. The summed E-state index contributed by atoms with van der Waals surface area (Å²) in [4.78, 5) is 0. The van der Waals surface area contributed by atoms with Crippen LogP contribution in [-0.2, 0) is 20.0 Å². The van der Waals surface area contributed by atoms with E-state index in [1.54, 1.807) is 0 Å². The van der Waals surface area contributed by atoms with Crippen molar-refractivity contribution >= 4 is 10.9 Å². The zero-order chi connectivity index (χ0) is 14.8. The highest BCUT2D eigenvalue weighted by atomic mass is 15.3. The van der Waals surface area contributed by atoms with Crippen LogP contribution in [0.2, 0.25) is 0 Å². The quantitative estimate of drug-likeness (QED) is 0.781. The zero-order valence-electron chi connectivity index (χ0n) is 12.7. The van der Waals surface area contributed by atoms with Gasteiger partial charge in [-0.05, 0) is 32.0 Å². The minimum absolute atomic E-state index is 0.186. The van der Waals surface area contributed by atoms with Crippen molar-refractivity contribution < 1.29 is 0 Å². The van der Waals surface area contributed by atoms with Crippen molar-refractivity contribution in [2.24, 2.45) is 7.05 Å². The van der Waals surface area contributed by atoms with Crippen LogP contribution >= 0.6 is 0 Å². The summed E-state index contributed by atoms with van der Waals surface area (Å²) in [5.41, 5.74) is 3.49. The number of nitrogens with zero attached hydrogens (tertiary/aromatic N) is 4. The first-order chi connectivity index (χ1) is 10.2. The molecule has 0 saturated carbocycles. The molecule has 0 amide bonds. The molecule has 0 aliphatic rings. The van der Waals surface area contributed by atoms with E-state index in [9.17, 15) is 0 Å². The molecule has 0 saturated heterocycles. The molecule has 3 rings (SSSR count). The minimum Gasteiger partial charge on any atom is -0.311 e. The van der Waals surface area contributed by atoms with E-state index in [4.69, 9.17) is 5.10 Å². The van der Waals surface area contributed by atoms with Crippen LogP contribution in [0.4, 0.5) is 0 Å². The van der Waals surface area contributed by atoms with Gasteiger partial charge in [-0.1, -0.05) is 18.2 Å². The van der Waals surface area contributed by atoms with Gasteiger partial charge in [0.25, 0.3) is 0 Å². The third-order valence-corrected chi connectivity index (χ3v) is 3.92. The molecule has 1 unspecified atom stereocenters. The number of aryl methyl sites for hydroxylation is 2. The van der Waals surface area contributed by atoms with Gasteiger partial charge in [-0.15, -0.1) is 0 Å². The highest BCUT2D eigenvalue weighted by Gasteiger charge is 2.18. The van der Waals surface area contributed by atoms with Crippen molar-refractivity contribution in [3.8, 4) is 0 Å². The number of para-hydroxylation sites is 1. The first-order valence-electron chi connectivity index (χ1n) is 7.33. The molecule has 1 N–H and O–H groups in total. The molecule has 3 aromatic rings. The largest absolute Gasteiger partial charge is 0.311 e. The van der Waals surface area contributed by atoms with E-state index in [2.05, 4.69) is 41.7 Å². The predicted octanol–water partition coefficient (Wildman–Crippen LogP) is 2.29. The summed E-state index contributed by atoms with van der Waals surface area (Å²) in [7, 11) is 3.98. The fraction of sp³-hybridized carbons (Fsp3) is 0.375. The monoisotopic (exact) mass is 283 g/mol. The van der Waals surface area contributed by atoms with Gasteiger partial charge in [-0.2, -0.15) is 10.2 Å². The molecule has 2 aromatic heterocycles. The highest BCUT2D eigenvalue weighted by Crippen LogP contribution is 2.25. The molecular weight excluding hydrogens is 262 g/mol. The molecule has 0 fully saturated rings. The number of aromatic nitrogens is 4. The first-order valence-corrected chi connectivity index (χ1v) is 7.33. The van der Waals surface area contributed by atoms with Crippen molar-refractivity contribution in [3.63, 3.8) is 0 Å². The van der Waals surface area contributed by atoms with E-state index in [0.717, 1.165) is 24.2 Å². The Labute approximate surface area is 124 Å². The van der Waals surface area contributed by atoms with Crippen LogP contribution in [0.15, 0.2) is 36.7 Å². The van der Waals surface area contributed by atoms with Crippen LogP contribution in [0.3, 0.4) is 0 Å². The molecule has 0 spiro atoms. The van der Waals surface area contributed by atoms with Crippen LogP contribution < -0.4 is 5.32 Å². The van der Waals surface area contributed by atoms with Gasteiger partial charge >= 0.3 is 0 Å². The predicted molar refractivity (Wildman–Crippen MR) is 84.1 cm³/mol. The third kappa shape index (κ3) is 2.56. The average Bonchev–Trinajstić information content (AvgIpc) is 3.10. The Hall–Kier alpha value is -2.14. The van der Waals surface area contributed by atoms with E-state index >= 15 is 0 Å². The molecule has 110 valence electrons. The molecule has 21 heavy (non-hydrogen) atoms. The minimum atomic E-state index is 0.186. The van der Waals surface area contributed by atoms with Gasteiger partial charge < -0.3 is 5.32 Å². The van der Waals surface area contributed by atoms with E-state index in [-0.39, 0.29) is 6.04 Å². The van der Waals surface area contributed by atoms with Crippen molar-refractivity contribution in [2.75, 3.05) is 7.05 Å². The maximum atomic E-state index is 4.71. The molecule has 0 bridgehead atoms. The van der Waals surface area contributed by atoms with E-state index < -0.39 is 0 Å². The normalized spacial score (nSPS) is 12.9. The summed E-state index contributed by atoms with van der Waals surface area (Å²) in [6.07, 6.45) is 4.94. The van der Waals surface area contributed by atoms with Crippen molar-refractivity contribution in [2.45, 2.75) is 25.9 Å². The van der Waals surface area contributed by atoms with Gasteiger partial charge in [0.05, 0.1) is 23.4 Å². The fourth-order valence-electron chi connectivity index (χ4n) is 2.76. The molecule has 0 aliphatic heterocycles. The summed E-state index contributed by atoms with van der Waals surface area (Å²) in [6, 6.07) is 8.54. The lowest BCUT2D eigenvalue weighted by atomic mass is 10.0. The highest BCUT2D eigenvalue weighted by molar-refractivity contribution is 5.82.